The molecule has 0 spiro atoms. The number of hydrogen-bond acceptors (Lipinski definition) is 4. The summed E-state index contributed by atoms with van der Waals surface area (Å²) in [5.41, 5.74) is 2.64. The molecule has 0 unspecified atom stereocenters. The molecule has 4 nitrogen and oxygen atoms in total. The smallest absolute Gasteiger partial charge is 0.149 e. The number of methoxy groups -OCH3 is 1. The number of halogens is 1. The lowest BCUT2D eigenvalue weighted by Gasteiger charge is -2.06. The molecule has 5 heteroatoms. The summed E-state index contributed by atoms with van der Waals surface area (Å²) >= 11 is 0. The van der Waals surface area contributed by atoms with Crippen molar-refractivity contribution in [2.24, 2.45) is 0 Å². The van der Waals surface area contributed by atoms with E-state index in [0.29, 0.717) is 0 Å². The van der Waals surface area contributed by atoms with Gasteiger partial charge in [-0.15, -0.1) is 12.4 Å². The van der Waals surface area contributed by atoms with Crippen molar-refractivity contribution in [2.75, 3.05) is 12.4 Å². The van der Waals surface area contributed by atoms with E-state index in [1.807, 2.05) is 48.5 Å². The molecule has 1 N–H and O–H groups in total. The maximum absolute atomic E-state index is 5.16. The van der Waals surface area contributed by atoms with Gasteiger partial charge in [0, 0.05) is 11.8 Å². The van der Waals surface area contributed by atoms with Gasteiger partial charge in [-0.2, -0.15) is 0 Å². The van der Waals surface area contributed by atoms with Gasteiger partial charge in [0.25, 0.3) is 0 Å². The van der Waals surface area contributed by atoms with E-state index in [0.717, 1.165) is 28.3 Å². The first-order valence-electron chi connectivity index (χ1n) is 5.98. The Balaban J connectivity index is 0.00000147. The Morgan fingerprint density at radius 3 is 2.55 bits per heavy atom. The molecule has 0 atom stereocenters. The van der Waals surface area contributed by atoms with Gasteiger partial charge < -0.3 is 10.1 Å². The largest absolute Gasteiger partial charge is 0.497 e. The molecular weight excluding hydrogens is 274 g/mol. The third-order valence-electron chi connectivity index (χ3n) is 2.80. The topological polar surface area (TPSA) is 47.0 Å². The van der Waals surface area contributed by atoms with Crippen LogP contribution < -0.4 is 10.1 Å². The van der Waals surface area contributed by atoms with Crippen molar-refractivity contribution in [2.45, 2.75) is 0 Å². The highest BCUT2D eigenvalue weighted by atomic mass is 35.5. The second-order valence-corrected chi connectivity index (χ2v) is 4.10. The summed E-state index contributed by atoms with van der Waals surface area (Å²) in [5.74, 6) is 1.51. The van der Waals surface area contributed by atoms with Crippen molar-refractivity contribution >= 4 is 34.9 Å². The first-order chi connectivity index (χ1) is 9.35. The summed E-state index contributed by atoms with van der Waals surface area (Å²) in [6.45, 7) is 0. The van der Waals surface area contributed by atoms with E-state index in [2.05, 4.69) is 15.3 Å². The Morgan fingerprint density at radius 2 is 1.80 bits per heavy atom. The highest BCUT2D eigenvalue weighted by molar-refractivity contribution is 5.85. The summed E-state index contributed by atoms with van der Waals surface area (Å²) < 4.78 is 5.16. The number of ether oxygens (including phenoxy) is 1. The summed E-state index contributed by atoms with van der Waals surface area (Å²) in [7, 11) is 1.64. The zero-order valence-electron chi connectivity index (χ0n) is 10.9. The monoisotopic (exact) mass is 287 g/mol. The molecule has 0 aliphatic rings. The van der Waals surface area contributed by atoms with E-state index in [-0.39, 0.29) is 12.4 Å². The third-order valence-corrected chi connectivity index (χ3v) is 2.80. The molecule has 0 radical (unpaired) electrons. The van der Waals surface area contributed by atoms with E-state index < -0.39 is 0 Å². The van der Waals surface area contributed by atoms with Crippen LogP contribution in [-0.2, 0) is 0 Å². The van der Waals surface area contributed by atoms with Gasteiger partial charge in [0.1, 0.15) is 11.6 Å². The zero-order valence-corrected chi connectivity index (χ0v) is 11.7. The van der Waals surface area contributed by atoms with Gasteiger partial charge in [0.2, 0.25) is 0 Å². The predicted octanol–water partition coefficient (Wildman–Crippen LogP) is 3.80. The molecule has 0 amide bonds. The Hall–Kier alpha value is -2.33. The molecule has 3 rings (SSSR count). The number of anilines is 2. The first-order valence-corrected chi connectivity index (χ1v) is 5.98. The van der Waals surface area contributed by atoms with E-state index in [4.69, 9.17) is 4.74 Å². The van der Waals surface area contributed by atoms with Crippen LogP contribution in [0.25, 0.3) is 11.0 Å². The van der Waals surface area contributed by atoms with Crippen LogP contribution in [0.15, 0.2) is 54.7 Å². The first kappa shape index (κ1) is 14.1. The number of aromatic nitrogens is 2. The lowest BCUT2D eigenvalue weighted by atomic mass is 10.3. The molecule has 0 bridgehead atoms. The van der Waals surface area contributed by atoms with Crippen molar-refractivity contribution in [3.63, 3.8) is 0 Å². The molecule has 0 aliphatic heterocycles. The van der Waals surface area contributed by atoms with Gasteiger partial charge in [0.15, 0.2) is 0 Å². The normalized spacial score (nSPS) is 9.85. The van der Waals surface area contributed by atoms with Crippen LogP contribution in [0.4, 0.5) is 11.5 Å². The SMILES string of the molecule is COc1ccc2nc(Nc3ccccc3)cnc2c1.Cl. The van der Waals surface area contributed by atoms with Crippen molar-refractivity contribution < 1.29 is 4.74 Å². The van der Waals surface area contributed by atoms with Crippen LogP contribution in [0.5, 0.6) is 5.75 Å². The second kappa shape index (κ2) is 6.21. The second-order valence-electron chi connectivity index (χ2n) is 4.10. The summed E-state index contributed by atoms with van der Waals surface area (Å²) in [5, 5.41) is 3.22. The number of nitrogens with zero attached hydrogens (tertiary/aromatic N) is 2. The molecule has 102 valence electrons. The minimum absolute atomic E-state index is 0. The molecule has 0 fully saturated rings. The van der Waals surface area contributed by atoms with Crippen molar-refractivity contribution in [3.05, 3.63) is 54.7 Å². The Morgan fingerprint density at radius 1 is 1.00 bits per heavy atom. The van der Waals surface area contributed by atoms with Crippen LogP contribution in [0.1, 0.15) is 0 Å². The number of para-hydroxylation sites is 1. The van der Waals surface area contributed by atoms with Crippen LogP contribution in [0.2, 0.25) is 0 Å². The summed E-state index contributed by atoms with van der Waals surface area (Å²) in [6, 6.07) is 15.5. The predicted molar refractivity (Wildman–Crippen MR) is 83.1 cm³/mol. The third kappa shape index (κ3) is 2.97. The minimum atomic E-state index is 0. The molecule has 20 heavy (non-hydrogen) atoms. The Labute approximate surface area is 123 Å². The van der Waals surface area contributed by atoms with E-state index >= 15 is 0 Å². The molecule has 1 heterocycles. The number of fused-ring (bicyclic) bond motifs is 1. The number of rotatable bonds is 3. The fraction of sp³-hybridized carbons (Fsp3) is 0.0667. The van der Waals surface area contributed by atoms with Gasteiger partial charge in [0.05, 0.1) is 24.3 Å². The fourth-order valence-corrected chi connectivity index (χ4v) is 1.85. The standard InChI is InChI=1S/C15H13N3O.ClH/c1-19-12-7-8-13-14(9-12)16-10-15(18-13)17-11-5-3-2-4-6-11;/h2-10H,1H3,(H,17,18);1H. The molecule has 0 aliphatic carbocycles. The highest BCUT2D eigenvalue weighted by Crippen LogP contribution is 2.20. The summed E-state index contributed by atoms with van der Waals surface area (Å²) in [6.07, 6.45) is 1.72. The average molecular weight is 288 g/mol. The van der Waals surface area contributed by atoms with Gasteiger partial charge in [-0.1, -0.05) is 18.2 Å². The van der Waals surface area contributed by atoms with Crippen molar-refractivity contribution in [1.29, 1.82) is 0 Å². The fourth-order valence-electron chi connectivity index (χ4n) is 1.85. The van der Waals surface area contributed by atoms with Crippen LogP contribution in [0, 0.1) is 0 Å². The molecule has 0 saturated heterocycles. The number of nitrogens with one attached hydrogen (secondary N) is 1. The van der Waals surface area contributed by atoms with Crippen molar-refractivity contribution in [3.8, 4) is 5.75 Å². The molecular formula is C15H14ClN3O. The van der Waals surface area contributed by atoms with Gasteiger partial charge >= 0.3 is 0 Å². The zero-order chi connectivity index (χ0) is 13.1. The summed E-state index contributed by atoms with van der Waals surface area (Å²) in [4.78, 5) is 8.90. The van der Waals surface area contributed by atoms with Crippen LogP contribution in [0.3, 0.4) is 0 Å². The lowest BCUT2D eigenvalue weighted by molar-refractivity contribution is 0.415. The van der Waals surface area contributed by atoms with E-state index in [1.165, 1.54) is 0 Å². The molecule has 0 saturated carbocycles. The van der Waals surface area contributed by atoms with Crippen molar-refractivity contribution in [1.82, 2.24) is 9.97 Å². The average Bonchev–Trinajstić information content (AvgIpc) is 2.48. The van der Waals surface area contributed by atoms with Gasteiger partial charge in [-0.3, -0.25) is 4.98 Å². The van der Waals surface area contributed by atoms with Gasteiger partial charge in [-0.25, -0.2) is 4.98 Å². The molecule has 3 aromatic rings. The Kier molecular flexibility index (Phi) is 4.38. The molecule has 2 aromatic carbocycles. The maximum atomic E-state index is 5.16. The minimum Gasteiger partial charge on any atom is -0.497 e. The number of hydrogen-bond donors (Lipinski definition) is 1. The van der Waals surface area contributed by atoms with E-state index in [1.54, 1.807) is 13.3 Å². The quantitative estimate of drug-likeness (QED) is 0.796. The Bertz CT molecular complexity index is 704. The van der Waals surface area contributed by atoms with Gasteiger partial charge in [-0.05, 0) is 24.3 Å². The van der Waals surface area contributed by atoms with E-state index in [9.17, 15) is 0 Å². The highest BCUT2D eigenvalue weighted by Gasteiger charge is 2.01. The molecule has 1 aromatic heterocycles. The maximum Gasteiger partial charge on any atom is 0.149 e. The van der Waals surface area contributed by atoms with Crippen LogP contribution in [-0.4, -0.2) is 17.1 Å². The van der Waals surface area contributed by atoms with Crippen LogP contribution >= 0.6 is 12.4 Å². The lowest BCUT2D eigenvalue weighted by Crippen LogP contribution is -1.95. The number of benzene rings is 2.